The minimum atomic E-state index is -0.0527. The Bertz CT molecular complexity index is 756. The molecule has 2 atom stereocenters. The molecule has 0 radical (unpaired) electrons. The molecule has 0 bridgehead atoms. The third kappa shape index (κ3) is 3.22. The largest absolute Gasteiger partial charge is 0.376 e. The fourth-order valence-electron chi connectivity index (χ4n) is 3.55. The molecule has 25 heavy (non-hydrogen) atoms. The lowest BCUT2D eigenvalue weighted by Gasteiger charge is -2.22. The lowest BCUT2D eigenvalue weighted by molar-refractivity contribution is 0.0980. The standard InChI is InChI=1S/C19H22N4O2/c1-13-9-14-5-2-3-7-17(14)23(13)18(24)15-10-20-19(21-11-15)22-12-16-6-4-8-25-16/h2-3,5,7,10-11,13,16H,4,6,8-9,12H2,1H3,(H,20,21,22). The second kappa shape index (κ2) is 6.80. The van der Waals surface area contributed by atoms with Crippen molar-refractivity contribution in [1.29, 1.82) is 0 Å². The van der Waals surface area contributed by atoms with Crippen LogP contribution < -0.4 is 10.2 Å². The van der Waals surface area contributed by atoms with E-state index in [9.17, 15) is 4.79 Å². The van der Waals surface area contributed by atoms with Crippen molar-refractivity contribution in [1.82, 2.24) is 9.97 Å². The highest BCUT2D eigenvalue weighted by Crippen LogP contribution is 2.32. The van der Waals surface area contributed by atoms with Gasteiger partial charge in [0, 0.05) is 37.3 Å². The summed E-state index contributed by atoms with van der Waals surface area (Å²) < 4.78 is 5.57. The third-order valence-electron chi connectivity index (χ3n) is 4.84. The van der Waals surface area contributed by atoms with Crippen molar-refractivity contribution in [3.63, 3.8) is 0 Å². The van der Waals surface area contributed by atoms with Crippen LogP contribution in [0, 0.1) is 0 Å². The number of para-hydroxylation sites is 1. The lowest BCUT2D eigenvalue weighted by Crippen LogP contribution is -2.35. The molecule has 1 saturated heterocycles. The van der Waals surface area contributed by atoms with Gasteiger partial charge < -0.3 is 15.0 Å². The quantitative estimate of drug-likeness (QED) is 0.928. The van der Waals surface area contributed by atoms with Crippen molar-refractivity contribution in [2.45, 2.75) is 38.3 Å². The molecule has 2 aliphatic rings. The molecule has 1 amide bonds. The van der Waals surface area contributed by atoms with E-state index in [0.717, 1.165) is 31.6 Å². The van der Waals surface area contributed by atoms with E-state index in [1.807, 2.05) is 23.1 Å². The van der Waals surface area contributed by atoms with Crippen molar-refractivity contribution in [2.75, 3.05) is 23.4 Å². The molecule has 2 unspecified atom stereocenters. The van der Waals surface area contributed by atoms with Crippen LogP contribution in [0.4, 0.5) is 11.6 Å². The number of fused-ring (bicyclic) bond motifs is 1. The first-order chi connectivity index (χ1) is 12.2. The van der Waals surface area contributed by atoms with Gasteiger partial charge in [0.2, 0.25) is 5.95 Å². The lowest BCUT2D eigenvalue weighted by atomic mass is 10.1. The normalized spacial score (nSPS) is 22.0. The minimum Gasteiger partial charge on any atom is -0.376 e. The average molecular weight is 338 g/mol. The minimum absolute atomic E-state index is 0.0527. The van der Waals surface area contributed by atoms with Crippen LogP contribution in [0.5, 0.6) is 0 Å². The summed E-state index contributed by atoms with van der Waals surface area (Å²) in [4.78, 5) is 23.3. The Morgan fingerprint density at radius 1 is 1.32 bits per heavy atom. The molecule has 130 valence electrons. The van der Waals surface area contributed by atoms with Gasteiger partial charge in [-0.15, -0.1) is 0 Å². The summed E-state index contributed by atoms with van der Waals surface area (Å²) >= 11 is 0. The van der Waals surface area contributed by atoms with Gasteiger partial charge in [0.1, 0.15) is 0 Å². The number of ether oxygens (including phenoxy) is 1. The second-order valence-electron chi connectivity index (χ2n) is 6.67. The number of hydrogen-bond donors (Lipinski definition) is 1. The number of rotatable bonds is 4. The fraction of sp³-hybridized carbons (Fsp3) is 0.421. The molecule has 3 heterocycles. The zero-order valence-electron chi connectivity index (χ0n) is 14.3. The van der Waals surface area contributed by atoms with Gasteiger partial charge in [0.15, 0.2) is 0 Å². The van der Waals surface area contributed by atoms with Crippen molar-refractivity contribution < 1.29 is 9.53 Å². The number of carbonyl (C=O) groups is 1. The van der Waals surface area contributed by atoms with Crippen molar-refractivity contribution in [3.8, 4) is 0 Å². The first kappa shape index (κ1) is 16.0. The van der Waals surface area contributed by atoms with E-state index in [1.165, 1.54) is 5.56 Å². The molecule has 1 fully saturated rings. The Kier molecular flexibility index (Phi) is 4.36. The summed E-state index contributed by atoms with van der Waals surface area (Å²) in [6.07, 6.45) is 6.48. The monoisotopic (exact) mass is 338 g/mol. The van der Waals surface area contributed by atoms with Crippen LogP contribution in [0.3, 0.4) is 0 Å². The number of nitrogens with one attached hydrogen (secondary N) is 1. The molecular weight excluding hydrogens is 316 g/mol. The summed E-state index contributed by atoms with van der Waals surface area (Å²) in [5, 5.41) is 3.17. The molecule has 0 saturated carbocycles. The van der Waals surface area contributed by atoms with Crippen LogP contribution in [0.1, 0.15) is 35.7 Å². The van der Waals surface area contributed by atoms with Gasteiger partial charge in [-0.3, -0.25) is 4.79 Å². The Balaban J connectivity index is 1.45. The number of aromatic nitrogens is 2. The van der Waals surface area contributed by atoms with Crippen molar-refractivity contribution >= 4 is 17.5 Å². The zero-order chi connectivity index (χ0) is 17.2. The van der Waals surface area contributed by atoms with E-state index in [2.05, 4.69) is 28.3 Å². The summed E-state index contributed by atoms with van der Waals surface area (Å²) in [5.74, 6) is 0.477. The molecule has 4 rings (SSSR count). The van der Waals surface area contributed by atoms with Gasteiger partial charge in [0.05, 0.1) is 11.7 Å². The Morgan fingerprint density at radius 3 is 2.88 bits per heavy atom. The molecular formula is C19H22N4O2. The molecule has 2 aromatic rings. The number of benzene rings is 1. The van der Waals surface area contributed by atoms with E-state index in [4.69, 9.17) is 4.74 Å². The van der Waals surface area contributed by atoms with Crippen LogP contribution in [0.2, 0.25) is 0 Å². The van der Waals surface area contributed by atoms with E-state index in [0.29, 0.717) is 18.1 Å². The van der Waals surface area contributed by atoms with E-state index in [1.54, 1.807) is 12.4 Å². The first-order valence-electron chi connectivity index (χ1n) is 8.81. The molecule has 0 spiro atoms. The highest BCUT2D eigenvalue weighted by Gasteiger charge is 2.31. The molecule has 6 nitrogen and oxygen atoms in total. The molecule has 2 aliphatic heterocycles. The predicted octanol–water partition coefficient (Wildman–Crippen LogP) is 2.66. The summed E-state index contributed by atoms with van der Waals surface area (Å²) in [6, 6.07) is 8.19. The predicted molar refractivity (Wildman–Crippen MR) is 95.9 cm³/mol. The smallest absolute Gasteiger partial charge is 0.261 e. The van der Waals surface area contributed by atoms with Gasteiger partial charge >= 0.3 is 0 Å². The van der Waals surface area contributed by atoms with Crippen LogP contribution in [0.25, 0.3) is 0 Å². The average Bonchev–Trinajstić information content (AvgIpc) is 3.26. The number of nitrogens with zero attached hydrogens (tertiary/aromatic N) is 3. The molecule has 1 aromatic carbocycles. The number of amides is 1. The van der Waals surface area contributed by atoms with Gasteiger partial charge in [-0.25, -0.2) is 9.97 Å². The van der Waals surface area contributed by atoms with Gasteiger partial charge in [-0.1, -0.05) is 18.2 Å². The summed E-state index contributed by atoms with van der Waals surface area (Å²) in [5.41, 5.74) is 2.70. The summed E-state index contributed by atoms with van der Waals surface area (Å²) in [6.45, 7) is 3.59. The Morgan fingerprint density at radius 2 is 2.12 bits per heavy atom. The third-order valence-corrected chi connectivity index (χ3v) is 4.84. The highest BCUT2D eigenvalue weighted by molar-refractivity contribution is 6.07. The molecule has 1 aromatic heterocycles. The Labute approximate surface area is 147 Å². The van der Waals surface area contributed by atoms with Crippen LogP contribution >= 0.6 is 0 Å². The second-order valence-corrected chi connectivity index (χ2v) is 6.67. The van der Waals surface area contributed by atoms with E-state index >= 15 is 0 Å². The van der Waals surface area contributed by atoms with Gasteiger partial charge in [0.25, 0.3) is 5.91 Å². The Hall–Kier alpha value is -2.47. The van der Waals surface area contributed by atoms with Crippen molar-refractivity contribution in [3.05, 3.63) is 47.8 Å². The van der Waals surface area contributed by atoms with Crippen LogP contribution in [-0.2, 0) is 11.2 Å². The SMILES string of the molecule is CC1Cc2ccccc2N1C(=O)c1cnc(NCC2CCCO2)nc1. The first-order valence-corrected chi connectivity index (χ1v) is 8.81. The summed E-state index contributed by atoms with van der Waals surface area (Å²) in [7, 11) is 0. The maximum Gasteiger partial charge on any atom is 0.261 e. The number of carbonyl (C=O) groups excluding carboxylic acids is 1. The maximum absolute atomic E-state index is 12.9. The van der Waals surface area contributed by atoms with E-state index < -0.39 is 0 Å². The van der Waals surface area contributed by atoms with Crippen LogP contribution in [-0.4, -0.2) is 41.2 Å². The maximum atomic E-state index is 12.9. The molecule has 1 N–H and O–H groups in total. The van der Waals surface area contributed by atoms with Crippen LogP contribution in [0.15, 0.2) is 36.7 Å². The van der Waals surface area contributed by atoms with Gasteiger partial charge in [-0.05, 0) is 37.8 Å². The number of hydrogen-bond acceptors (Lipinski definition) is 5. The van der Waals surface area contributed by atoms with Crippen molar-refractivity contribution in [2.24, 2.45) is 0 Å². The highest BCUT2D eigenvalue weighted by atomic mass is 16.5. The molecule has 6 heteroatoms. The topological polar surface area (TPSA) is 67.4 Å². The fourth-order valence-corrected chi connectivity index (χ4v) is 3.55. The zero-order valence-corrected chi connectivity index (χ0v) is 14.3. The number of anilines is 2. The van der Waals surface area contributed by atoms with Gasteiger partial charge in [-0.2, -0.15) is 0 Å². The molecule has 0 aliphatic carbocycles. The van der Waals surface area contributed by atoms with E-state index in [-0.39, 0.29) is 18.1 Å².